The van der Waals surface area contributed by atoms with Gasteiger partial charge in [-0.2, -0.15) is 5.10 Å². The lowest BCUT2D eigenvalue weighted by Gasteiger charge is -2.18. The van der Waals surface area contributed by atoms with Gasteiger partial charge in [0.25, 0.3) is 5.56 Å². The number of hydrogen-bond acceptors (Lipinski definition) is 4. The van der Waals surface area contributed by atoms with Gasteiger partial charge >= 0.3 is 0 Å². The summed E-state index contributed by atoms with van der Waals surface area (Å²) >= 11 is 0. The normalized spacial score (nSPS) is 11.0. The zero-order valence-corrected chi connectivity index (χ0v) is 16.3. The summed E-state index contributed by atoms with van der Waals surface area (Å²) in [5, 5.41) is 4.67. The Labute approximate surface area is 167 Å². The smallest absolute Gasteiger partial charge is 0.264 e. The fraction of sp³-hybridized carbons (Fsp3) is 0.182. The van der Waals surface area contributed by atoms with Gasteiger partial charge in [0.05, 0.1) is 11.9 Å². The first kappa shape index (κ1) is 18.6. The van der Waals surface area contributed by atoms with Gasteiger partial charge in [-0.1, -0.05) is 48.0 Å². The van der Waals surface area contributed by atoms with Crippen LogP contribution in [0.25, 0.3) is 16.7 Å². The molecule has 29 heavy (non-hydrogen) atoms. The minimum atomic E-state index is -0.283. The van der Waals surface area contributed by atoms with Crippen molar-refractivity contribution in [1.29, 1.82) is 0 Å². The van der Waals surface area contributed by atoms with Gasteiger partial charge in [-0.25, -0.2) is 9.67 Å². The molecule has 0 aliphatic carbocycles. The van der Waals surface area contributed by atoms with E-state index >= 15 is 0 Å². The van der Waals surface area contributed by atoms with Crippen molar-refractivity contribution in [3.05, 3.63) is 88.6 Å². The standard InChI is InChI=1S/C22H21N5O2/c1-16-8-10-17(11-9-16)13-25(2)20(28)14-26-15-23-21-19(22(26)29)12-24-27(21)18-6-4-3-5-7-18/h3-12,15H,13-14H2,1-2H3. The van der Waals surface area contributed by atoms with E-state index in [1.54, 1.807) is 16.6 Å². The van der Waals surface area contributed by atoms with Crippen molar-refractivity contribution in [2.45, 2.75) is 20.0 Å². The number of rotatable bonds is 5. The van der Waals surface area contributed by atoms with Gasteiger partial charge in [0, 0.05) is 13.6 Å². The summed E-state index contributed by atoms with van der Waals surface area (Å²) in [5.74, 6) is -0.163. The molecule has 0 aliphatic rings. The van der Waals surface area contributed by atoms with E-state index in [0.29, 0.717) is 17.6 Å². The summed E-state index contributed by atoms with van der Waals surface area (Å²) in [6.07, 6.45) is 2.90. The molecular weight excluding hydrogens is 366 g/mol. The third kappa shape index (κ3) is 3.80. The van der Waals surface area contributed by atoms with Crippen LogP contribution in [0.4, 0.5) is 0 Å². The Bertz CT molecular complexity index is 1210. The lowest BCUT2D eigenvalue weighted by Crippen LogP contribution is -2.33. The number of aromatic nitrogens is 4. The Balaban J connectivity index is 1.55. The minimum Gasteiger partial charge on any atom is -0.340 e. The zero-order chi connectivity index (χ0) is 20.4. The van der Waals surface area contributed by atoms with Crippen molar-refractivity contribution in [2.75, 3.05) is 7.05 Å². The van der Waals surface area contributed by atoms with Crippen molar-refractivity contribution < 1.29 is 4.79 Å². The van der Waals surface area contributed by atoms with Crippen LogP contribution in [-0.2, 0) is 17.9 Å². The molecule has 2 aromatic carbocycles. The van der Waals surface area contributed by atoms with Gasteiger partial charge in [-0.15, -0.1) is 0 Å². The predicted octanol–water partition coefficient (Wildman–Crippen LogP) is 2.55. The monoisotopic (exact) mass is 387 g/mol. The summed E-state index contributed by atoms with van der Waals surface area (Å²) in [4.78, 5) is 31.4. The van der Waals surface area contributed by atoms with Crippen LogP contribution in [0.15, 0.2) is 71.9 Å². The van der Waals surface area contributed by atoms with Crippen LogP contribution in [0.5, 0.6) is 0 Å². The highest BCUT2D eigenvalue weighted by atomic mass is 16.2. The van der Waals surface area contributed by atoms with Crippen molar-refractivity contribution in [3.63, 3.8) is 0 Å². The Kier molecular flexibility index (Phi) is 4.95. The molecule has 2 heterocycles. The summed E-state index contributed by atoms with van der Waals surface area (Å²) < 4.78 is 2.94. The molecule has 7 heteroatoms. The van der Waals surface area contributed by atoms with Crippen LogP contribution >= 0.6 is 0 Å². The average Bonchev–Trinajstić information content (AvgIpc) is 3.17. The molecule has 0 fully saturated rings. The molecule has 146 valence electrons. The first-order chi connectivity index (χ1) is 14.0. The molecule has 2 aromatic heterocycles. The highest BCUT2D eigenvalue weighted by molar-refractivity contribution is 5.77. The third-order valence-electron chi connectivity index (χ3n) is 4.83. The van der Waals surface area contributed by atoms with E-state index in [-0.39, 0.29) is 18.0 Å². The molecule has 0 radical (unpaired) electrons. The van der Waals surface area contributed by atoms with Gasteiger partial charge in [0.1, 0.15) is 18.3 Å². The number of carbonyl (C=O) groups is 1. The number of benzene rings is 2. The number of nitrogens with zero attached hydrogens (tertiary/aromatic N) is 5. The number of likely N-dealkylation sites (N-methyl/N-ethyl adjacent to an activating group) is 1. The van der Waals surface area contributed by atoms with Gasteiger partial charge in [-0.3, -0.25) is 14.2 Å². The summed E-state index contributed by atoms with van der Waals surface area (Å²) in [5.41, 5.74) is 3.22. The molecule has 1 amide bonds. The molecule has 0 saturated heterocycles. The van der Waals surface area contributed by atoms with E-state index in [0.717, 1.165) is 11.3 Å². The quantitative estimate of drug-likeness (QED) is 0.528. The lowest BCUT2D eigenvalue weighted by molar-refractivity contribution is -0.131. The SMILES string of the molecule is Cc1ccc(CN(C)C(=O)Cn2cnc3c(cnn3-c3ccccc3)c2=O)cc1. The van der Waals surface area contributed by atoms with E-state index in [1.807, 2.05) is 61.5 Å². The highest BCUT2D eigenvalue weighted by Crippen LogP contribution is 2.13. The molecule has 0 N–H and O–H groups in total. The molecule has 0 atom stereocenters. The van der Waals surface area contributed by atoms with Crippen molar-refractivity contribution >= 4 is 16.9 Å². The van der Waals surface area contributed by atoms with Gasteiger partial charge in [0.2, 0.25) is 5.91 Å². The minimum absolute atomic E-state index is 0.0688. The Morgan fingerprint density at radius 3 is 2.52 bits per heavy atom. The zero-order valence-electron chi connectivity index (χ0n) is 16.3. The maximum atomic E-state index is 12.8. The fourth-order valence-electron chi connectivity index (χ4n) is 3.14. The lowest BCUT2D eigenvalue weighted by atomic mass is 10.1. The van der Waals surface area contributed by atoms with Crippen molar-refractivity contribution in [1.82, 2.24) is 24.2 Å². The van der Waals surface area contributed by atoms with Crippen LogP contribution in [-0.4, -0.2) is 37.2 Å². The Morgan fingerprint density at radius 1 is 1.07 bits per heavy atom. The van der Waals surface area contributed by atoms with E-state index in [1.165, 1.54) is 22.7 Å². The maximum Gasteiger partial charge on any atom is 0.264 e. The second-order valence-electron chi connectivity index (χ2n) is 7.04. The second-order valence-corrected chi connectivity index (χ2v) is 7.04. The largest absolute Gasteiger partial charge is 0.340 e. The van der Waals surface area contributed by atoms with E-state index in [9.17, 15) is 9.59 Å². The molecule has 4 rings (SSSR count). The number of hydrogen-bond donors (Lipinski definition) is 0. The van der Waals surface area contributed by atoms with Crippen LogP contribution in [0, 0.1) is 6.92 Å². The molecular formula is C22H21N5O2. The maximum absolute atomic E-state index is 12.8. The van der Waals surface area contributed by atoms with Crippen molar-refractivity contribution in [2.24, 2.45) is 0 Å². The van der Waals surface area contributed by atoms with E-state index in [4.69, 9.17) is 0 Å². The molecule has 7 nitrogen and oxygen atoms in total. The Hall–Kier alpha value is -3.74. The van der Waals surface area contributed by atoms with Crippen LogP contribution in [0.3, 0.4) is 0 Å². The number of para-hydroxylation sites is 1. The first-order valence-electron chi connectivity index (χ1n) is 9.31. The van der Waals surface area contributed by atoms with Gasteiger partial charge in [0.15, 0.2) is 5.65 Å². The molecule has 0 spiro atoms. The van der Waals surface area contributed by atoms with E-state index < -0.39 is 0 Å². The third-order valence-corrected chi connectivity index (χ3v) is 4.83. The van der Waals surface area contributed by atoms with Gasteiger partial charge < -0.3 is 4.90 Å². The second kappa shape index (κ2) is 7.71. The van der Waals surface area contributed by atoms with Crippen molar-refractivity contribution in [3.8, 4) is 5.69 Å². The Morgan fingerprint density at radius 2 is 1.79 bits per heavy atom. The number of aryl methyl sites for hydroxylation is 1. The van der Waals surface area contributed by atoms with Gasteiger partial charge in [-0.05, 0) is 24.6 Å². The summed E-state index contributed by atoms with van der Waals surface area (Å²) in [6, 6.07) is 17.5. The number of carbonyl (C=O) groups excluding carboxylic acids is 1. The molecule has 0 unspecified atom stereocenters. The first-order valence-corrected chi connectivity index (χ1v) is 9.31. The van der Waals surface area contributed by atoms with Crippen LogP contribution in [0.2, 0.25) is 0 Å². The van der Waals surface area contributed by atoms with Crippen LogP contribution < -0.4 is 5.56 Å². The molecule has 4 aromatic rings. The van der Waals surface area contributed by atoms with E-state index in [2.05, 4.69) is 10.1 Å². The fourth-order valence-corrected chi connectivity index (χ4v) is 3.14. The molecule has 0 aliphatic heterocycles. The summed E-state index contributed by atoms with van der Waals surface area (Å²) in [7, 11) is 1.73. The number of fused-ring (bicyclic) bond motifs is 1. The molecule has 0 saturated carbocycles. The average molecular weight is 387 g/mol. The van der Waals surface area contributed by atoms with Crippen LogP contribution in [0.1, 0.15) is 11.1 Å². The molecule has 0 bridgehead atoms. The predicted molar refractivity (Wildman–Crippen MR) is 111 cm³/mol. The topological polar surface area (TPSA) is 73.0 Å². The highest BCUT2D eigenvalue weighted by Gasteiger charge is 2.15. The number of amides is 1. The summed E-state index contributed by atoms with van der Waals surface area (Å²) in [6.45, 7) is 2.43.